The molecule has 0 bridgehead atoms. The van der Waals surface area contributed by atoms with E-state index in [-0.39, 0.29) is 29.9 Å². The summed E-state index contributed by atoms with van der Waals surface area (Å²) >= 11 is 0. The number of carbonyl (C=O) groups is 1. The van der Waals surface area contributed by atoms with Crippen molar-refractivity contribution in [3.05, 3.63) is 23.8 Å². The lowest BCUT2D eigenvalue weighted by Gasteiger charge is -2.25. The Bertz CT molecular complexity index is 461. The average molecular weight is 315 g/mol. The predicted octanol–water partition coefficient (Wildman–Crippen LogP) is -0.952. The Morgan fingerprint density at radius 1 is 1.29 bits per heavy atom. The second-order valence-electron chi connectivity index (χ2n) is 4.92. The zero-order valence-corrected chi connectivity index (χ0v) is 12.9. The van der Waals surface area contributed by atoms with Crippen molar-refractivity contribution < 1.29 is 31.8 Å². The molecule has 5 nitrogen and oxygen atoms in total. The number of esters is 1. The molecule has 0 amide bonds. The molecule has 1 aliphatic rings. The highest BCUT2D eigenvalue weighted by Crippen LogP contribution is 2.26. The van der Waals surface area contributed by atoms with Crippen molar-refractivity contribution in [1.29, 1.82) is 0 Å². The van der Waals surface area contributed by atoms with Crippen LogP contribution in [0.4, 0.5) is 0 Å². The molecule has 2 rings (SSSR count). The highest BCUT2D eigenvalue weighted by molar-refractivity contribution is 5.90. The molecule has 0 spiro atoms. The molecule has 0 unspecified atom stereocenters. The molecule has 1 aromatic rings. The number of phenols is 1. The maximum atomic E-state index is 11.9. The van der Waals surface area contributed by atoms with E-state index in [0.29, 0.717) is 12.2 Å². The van der Waals surface area contributed by atoms with E-state index in [2.05, 4.69) is 4.90 Å². The summed E-state index contributed by atoms with van der Waals surface area (Å²) in [5, 5.41) is 9.48. The van der Waals surface area contributed by atoms with Crippen LogP contribution in [-0.4, -0.2) is 49.3 Å². The molecule has 21 heavy (non-hydrogen) atoms. The number of piperidine rings is 1. The molecule has 1 heterocycles. The van der Waals surface area contributed by atoms with Crippen molar-refractivity contribution in [1.82, 2.24) is 4.90 Å². The van der Waals surface area contributed by atoms with Gasteiger partial charge in [0.05, 0.1) is 12.7 Å². The summed E-state index contributed by atoms with van der Waals surface area (Å²) in [7, 11) is 1.44. The fourth-order valence-corrected chi connectivity index (χ4v) is 2.34. The highest BCUT2D eigenvalue weighted by atomic mass is 35.5. The normalized spacial score (nSPS) is 15.1. The molecular weight excluding hydrogens is 294 g/mol. The second-order valence-corrected chi connectivity index (χ2v) is 4.92. The zero-order chi connectivity index (χ0) is 14.4. The second kappa shape index (κ2) is 8.74. The maximum absolute atomic E-state index is 11.9. The standard InChI is InChI=1S/C15H21NO4.ClH/c1-19-14-11-12(5-6-13(14)17)15(18)20-10-9-16-7-3-2-4-8-16;/h5-6,11,17H,2-4,7-10H2,1H3;1H/p-1. The summed E-state index contributed by atoms with van der Waals surface area (Å²) in [4.78, 5) is 14.2. The number of likely N-dealkylation sites (tertiary alicyclic amines) is 1. The van der Waals surface area contributed by atoms with Crippen molar-refractivity contribution in [3.8, 4) is 11.5 Å². The first kappa shape index (κ1) is 17.6. The van der Waals surface area contributed by atoms with Crippen LogP contribution in [0.25, 0.3) is 0 Å². The Hall–Kier alpha value is -1.46. The summed E-state index contributed by atoms with van der Waals surface area (Å²) in [5.74, 6) is -0.104. The fraction of sp³-hybridized carbons (Fsp3) is 0.533. The number of nitrogens with zero attached hydrogens (tertiary/aromatic N) is 1. The molecule has 1 N–H and O–H groups in total. The first-order valence-electron chi connectivity index (χ1n) is 6.97. The van der Waals surface area contributed by atoms with Crippen LogP contribution in [0, 0.1) is 0 Å². The van der Waals surface area contributed by atoms with Crippen molar-refractivity contribution in [2.45, 2.75) is 19.3 Å². The number of halogens is 1. The number of ether oxygens (including phenoxy) is 2. The lowest BCUT2D eigenvalue weighted by Crippen LogP contribution is -3.00. The molecule has 118 valence electrons. The van der Waals surface area contributed by atoms with Crippen molar-refractivity contribution >= 4 is 5.97 Å². The van der Waals surface area contributed by atoms with Crippen molar-refractivity contribution in [3.63, 3.8) is 0 Å². The van der Waals surface area contributed by atoms with Gasteiger partial charge in [-0.15, -0.1) is 0 Å². The molecule has 1 aromatic carbocycles. The number of methoxy groups -OCH3 is 1. The maximum Gasteiger partial charge on any atom is 0.338 e. The van der Waals surface area contributed by atoms with E-state index in [0.717, 1.165) is 19.6 Å². The topological polar surface area (TPSA) is 59.0 Å². The minimum Gasteiger partial charge on any atom is -1.00 e. The van der Waals surface area contributed by atoms with Gasteiger partial charge in [0.2, 0.25) is 0 Å². The third kappa shape index (κ3) is 5.10. The predicted molar refractivity (Wildman–Crippen MR) is 75.2 cm³/mol. The smallest absolute Gasteiger partial charge is 0.338 e. The number of hydrogen-bond acceptors (Lipinski definition) is 5. The first-order valence-corrected chi connectivity index (χ1v) is 6.97. The quantitative estimate of drug-likeness (QED) is 0.710. The number of carbonyl (C=O) groups excluding carboxylic acids is 1. The summed E-state index contributed by atoms with van der Waals surface area (Å²) in [5.41, 5.74) is 0.387. The van der Waals surface area contributed by atoms with Gasteiger partial charge in [-0.25, -0.2) is 4.79 Å². The van der Waals surface area contributed by atoms with Crippen LogP contribution >= 0.6 is 0 Å². The third-order valence-corrected chi connectivity index (χ3v) is 3.50. The lowest BCUT2D eigenvalue weighted by atomic mass is 10.1. The van der Waals surface area contributed by atoms with Gasteiger partial charge in [-0.1, -0.05) is 6.42 Å². The lowest BCUT2D eigenvalue weighted by molar-refractivity contribution is -0.0000246. The SMILES string of the molecule is COc1cc(C(=O)OCCN2CCCCC2)ccc1O.[Cl-]. The van der Waals surface area contributed by atoms with E-state index in [1.54, 1.807) is 0 Å². The number of hydrogen-bond donors (Lipinski definition) is 1. The van der Waals surface area contributed by atoms with Gasteiger partial charge in [0.15, 0.2) is 11.5 Å². The van der Waals surface area contributed by atoms with E-state index >= 15 is 0 Å². The van der Waals surface area contributed by atoms with Gasteiger partial charge < -0.3 is 27.0 Å². The zero-order valence-electron chi connectivity index (χ0n) is 12.2. The minimum atomic E-state index is -0.389. The van der Waals surface area contributed by atoms with E-state index in [1.807, 2.05) is 0 Å². The first-order chi connectivity index (χ1) is 9.70. The molecule has 0 radical (unpaired) electrons. The van der Waals surface area contributed by atoms with Crippen molar-refractivity contribution in [2.75, 3.05) is 33.4 Å². The molecule has 0 saturated carbocycles. The molecule has 1 aliphatic heterocycles. The number of rotatable bonds is 5. The minimum absolute atomic E-state index is 0. The largest absolute Gasteiger partial charge is 1.00 e. The van der Waals surface area contributed by atoms with E-state index in [9.17, 15) is 9.90 Å². The monoisotopic (exact) mass is 314 g/mol. The Morgan fingerprint density at radius 2 is 2.00 bits per heavy atom. The molecular formula is C15H21ClNO4-. The van der Waals surface area contributed by atoms with Gasteiger partial charge in [-0.2, -0.15) is 0 Å². The third-order valence-electron chi connectivity index (χ3n) is 3.50. The fourth-order valence-electron chi connectivity index (χ4n) is 2.34. The Morgan fingerprint density at radius 3 is 2.67 bits per heavy atom. The number of aromatic hydroxyl groups is 1. The molecule has 1 saturated heterocycles. The summed E-state index contributed by atoms with van der Waals surface area (Å²) in [6, 6.07) is 4.44. The summed E-state index contributed by atoms with van der Waals surface area (Å²) in [6.07, 6.45) is 3.75. The number of benzene rings is 1. The van der Waals surface area contributed by atoms with E-state index in [4.69, 9.17) is 9.47 Å². The summed E-state index contributed by atoms with van der Waals surface area (Å²) in [6.45, 7) is 3.35. The van der Waals surface area contributed by atoms with E-state index in [1.165, 1.54) is 44.6 Å². The molecule has 0 atom stereocenters. The van der Waals surface area contributed by atoms with Gasteiger partial charge in [0, 0.05) is 6.54 Å². The van der Waals surface area contributed by atoms with E-state index < -0.39 is 0 Å². The molecule has 0 aliphatic carbocycles. The van der Waals surface area contributed by atoms with Crippen LogP contribution in [0.3, 0.4) is 0 Å². The Kier molecular flexibility index (Phi) is 7.32. The van der Waals surface area contributed by atoms with Crippen LogP contribution in [0.5, 0.6) is 11.5 Å². The molecule has 6 heteroatoms. The van der Waals surface area contributed by atoms with Gasteiger partial charge in [-0.3, -0.25) is 4.90 Å². The Balaban J connectivity index is 0.00000220. The molecule has 1 fully saturated rings. The van der Waals surface area contributed by atoms with Gasteiger partial charge in [0.1, 0.15) is 6.61 Å². The average Bonchev–Trinajstić information content (AvgIpc) is 2.48. The van der Waals surface area contributed by atoms with Crippen LogP contribution in [0.1, 0.15) is 29.6 Å². The van der Waals surface area contributed by atoms with Crippen LogP contribution in [-0.2, 0) is 4.74 Å². The van der Waals surface area contributed by atoms with Crippen LogP contribution in [0.2, 0.25) is 0 Å². The number of phenolic OH excluding ortho intramolecular Hbond substituents is 1. The van der Waals surface area contributed by atoms with Gasteiger partial charge in [0.25, 0.3) is 0 Å². The summed E-state index contributed by atoms with van der Waals surface area (Å²) < 4.78 is 10.2. The highest BCUT2D eigenvalue weighted by Gasteiger charge is 2.13. The van der Waals surface area contributed by atoms with Crippen molar-refractivity contribution in [2.24, 2.45) is 0 Å². The van der Waals surface area contributed by atoms with Gasteiger partial charge >= 0.3 is 5.97 Å². The van der Waals surface area contributed by atoms with Crippen LogP contribution < -0.4 is 17.1 Å². The molecule has 0 aromatic heterocycles. The Labute approximate surface area is 131 Å². The van der Waals surface area contributed by atoms with Gasteiger partial charge in [-0.05, 0) is 44.1 Å². The van der Waals surface area contributed by atoms with Crippen LogP contribution in [0.15, 0.2) is 18.2 Å².